The third kappa shape index (κ3) is 2.87. The quantitative estimate of drug-likeness (QED) is 0.404. The van der Waals surface area contributed by atoms with Crippen molar-refractivity contribution in [3.63, 3.8) is 0 Å². The average molecular weight is 470 g/mol. The number of fused-ring (bicyclic) bond motifs is 3. The normalized spacial score (nSPS) is 11.5. The van der Waals surface area contributed by atoms with Crippen LogP contribution in [0, 0.1) is 0 Å². The van der Waals surface area contributed by atoms with Gasteiger partial charge in [-0.1, -0.05) is 23.2 Å². The zero-order valence-electron chi connectivity index (χ0n) is 17.3. The lowest BCUT2D eigenvalue weighted by molar-refractivity contribution is 0.415. The fourth-order valence-electron chi connectivity index (χ4n) is 3.84. The van der Waals surface area contributed by atoms with E-state index in [4.69, 9.17) is 27.9 Å². The number of rotatable bonds is 3. The zero-order chi connectivity index (χ0) is 22.7. The number of benzene rings is 2. The molecule has 5 rings (SSSR count). The summed E-state index contributed by atoms with van der Waals surface area (Å²) in [5.41, 5.74) is 1.91. The first-order chi connectivity index (χ1) is 15.3. The van der Waals surface area contributed by atoms with Crippen LogP contribution in [-0.2, 0) is 14.1 Å². The van der Waals surface area contributed by atoms with Gasteiger partial charge in [-0.25, -0.2) is 4.79 Å². The van der Waals surface area contributed by atoms with Gasteiger partial charge in [-0.3, -0.25) is 22.9 Å². The van der Waals surface area contributed by atoms with Gasteiger partial charge in [0.1, 0.15) is 5.75 Å². The predicted molar refractivity (Wildman–Crippen MR) is 125 cm³/mol. The highest BCUT2D eigenvalue weighted by Gasteiger charge is 2.22. The van der Waals surface area contributed by atoms with Gasteiger partial charge in [-0.2, -0.15) is 4.98 Å². The molecule has 3 aromatic heterocycles. The van der Waals surface area contributed by atoms with E-state index >= 15 is 0 Å². The van der Waals surface area contributed by atoms with Crippen LogP contribution in [0.15, 0.2) is 58.3 Å². The van der Waals surface area contributed by atoms with E-state index in [0.717, 1.165) is 10.3 Å². The van der Waals surface area contributed by atoms with Crippen LogP contribution >= 0.6 is 23.2 Å². The highest BCUT2D eigenvalue weighted by Crippen LogP contribution is 2.34. The summed E-state index contributed by atoms with van der Waals surface area (Å²) < 4.78 is 11.3. The first-order valence-electron chi connectivity index (χ1n) is 9.61. The van der Waals surface area contributed by atoms with E-state index in [9.17, 15) is 9.59 Å². The van der Waals surface area contributed by atoms with Gasteiger partial charge < -0.3 is 4.74 Å². The molecule has 8 nitrogen and oxygen atoms in total. The third-order valence-corrected chi connectivity index (χ3v) is 6.05. The molecule has 0 fully saturated rings. The van der Waals surface area contributed by atoms with Gasteiger partial charge in [0.05, 0.1) is 17.8 Å². The number of hydrogen-bond acceptors (Lipinski definition) is 4. The van der Waals surface area contributed by atoms with Crippen molar-refractivity contribution >= 4 is 40.1 Å². The van der Waals surface area contributed by atoms with Crippen LogP contribution in [-0.4, -0.2) is 30.2 Å². The highest BCUT2D eigenvalue weighted by atomic mass is 35.5. The Bertz CT molecular complexity index is 1640. The summed E-state index contributed by atoms with van der Waals surface area (Å²) in [5.74, 6) is 1.16. The Hall–Kier alpha value is -3.49. The summed E-state index contributed by atoms with van der Waals surface area (Å²) in [5, 5.41) is 0.970. The van der Waals surface area contributed by atoms with E-state index < -0.39 is 11.2 Å². The van der Waals surface area contributed by atoms with Crippen LogP contribution in [0.3, 0.4) is 0 Å². The van der Waals surface area contributed by atoms with Gasteiger partial charge in [-0.15, -0.1) is 0 Å². The molecule has 5 aromatic rings. The Morgan fingerprint density at radius 2 is 1.69 bits per heavy atom. The molecule has 0 amide bonds. The van der Waals surface area contributed by atoms with Crippen molar-refractivity contribution in [3.8, 4) is 22.7 Å². The summed E-state index contributed by atoms with van der Waals surface area (Å²) >= 11 is 12.6. The van der Waals surface area contributed by atoms with Gasteiger partial charge in [0, 0.05) is 36.6 Å². The summed E-state index contributed by atoms with van der Waals surface area (Å²) in [6.07, 6.45) is 1.79. The maximum atomic E-state index is 13.0. The number of aromatic nitrogens is 5. The summed E-state index contributed by atoms with van der Waals surface area (Å²) in [4.78, 5) is 30.1. The van der Waals surface area contributed by atoms with Crippen LogP contribution in [0.5, 0.6) is 5.75 Å². The maximum absolute atomic E-state index is 13.0. The van der Waals surface area contributed by atoms with E-state index in [0.29, 0.717) is 44.0 Å². The van der Waals surface area contributed by atoms with Crippen molar-refractivity contribution in [1.29, 1.82) is 0 Å². The average Bonchev–Trinajstić information content (AvgIpc) is 3.32. The van der Waals surface area contributed by atoms with Crippen LogP contribution in [0.4, 0.5) is 0 Å². The molecule has 10 heteroatoms. The smallest absolute Gasteiger partial charge is 0.332 e. The Balaban J connectivity index is 1.94. The number of methoxy groups -OCH3 is 1. The largest absolute Gasteiger partial charge is 0.497 e. The maximum Gasteiger partial charge on any atom is 0.332 e. The number of imidazole rings is 2. The van der Waals surface area contributed by atoms with Crippen LogP contribution in [0.1, 0.15) is 0 Å². The first-order valence-corrected chi connectivity index (χ1v) is 10.4. The van der Waals surface area contributed by atoms with Gasteiger partial charge in [0.25, 0.3) is 5.56 Å². The Morgan fingerprint density at radius 1 is 0.969 bits per heavy atom. The van der Waals surface area contributed by atoms with Crippen LogP contribution in [0.2, 0.25) is 10.0 Å². The molecular formula is C22H17Cl2N5O3. The monoisotopic (exact) mass is 469 g/mol. The van der Waals surface area contributed by atoms with Gasteiger partial charge >= 0.3 is 5.69 Å². The third-order valence-electron chi connectivity index (χ3n) is 5.50. The second kappa shape index (κ2) is 7.29. The Labute approximate surface area is 191 Å². The molecular weight excluding hydrogens is 453 g/mol. The second-order valence-corrected chi connectivity index (χ2v) is 8.18. The van der Waals surface area contributed by atoms with Crippen molar-refractivity contribution in [1.82, 2.24) is 23.1 Å². The van der Waals surface area contributed by atoms with Crippen molar-refractivity contribution < 1.29 is 4.74 Å². The molecule has 3 heterocycles. The van der Waals surface area contributed by atoms with Crippen molar-refractivity contribution in [2.24, 2.45) is 14.1 Å². The molecule has 0 atom stereocenters. The number of hydrogen-bond donors (Lipinski definition) is 0. The topological polar surface area (TPSA) is 75.5 Å². The first kappa shape index (κ1) is 20.4. The van der Waals surface area contributed by atoms with E-state index in [-0.39, 0.29) is 0 Å². The molecule has 32 heavy (non-hydrogen) atoms. The second-order valence-electron chi connectivity index (χ2n) is 7.33. The molecule has 0 saturated heterocycles. The highest BCUT2D eigenvalue weighted by molar-refractivity contribution is 6.36. The molecule has 0 spiro atoms. The van der Waals surface area contributed by atoms with Crippen molar-refractivity contribution in [3.05, 3.63) is 79.5 Å². The van der Waals surface area contributed by atoms with Gasteiger partial charge in [-0.05, 0) is 42.5 Å². The Kier molecular flexibility index (Phi) is 4.65. The van der Waals surface area contributed by atoms with Crippen molar-refractivity contribution in [2.75, 3.05) is 7.11 Å². The van der Waals surface area contributed by atoms with Crippen LogP contribution in [0.25, 0.3) is 33.9 Å². The fourth-order valence-corrected chi connectivity index (χ4v) is 4.35. The van der Waals surface area contributed by atoms with Gasteiger partial charge in [0.2, 0.25) is 5.78 Å². The minimum atomic E-state index is -0.444. The summed E-state index contributed by atoms with van der Waals surface area (Å²) in [7, 11) is 4.63. The molecule has 2 aromatic carbocycles. The predicted octanol–water partition coefficient (Wildman–Crippen LogP) is 3.66. The fraction of sp³-hybridized carbons (Fsp3) is 0.136. The molecule has 0 unspecified atom stereocenters. The molecule has 0 radical (unpaired) electrons. The lowest BCUT2D eigenvalue weighted by Gasteiger charge is -2.11. The summed E-state index contributed by atoms with van der Waals surface area (Å²) in [6, 6.07) is 12.6. The Morgan fingerprint density at radius 3 is 2.34 bits per heavy atom. The minimum absolute atomic E-state index is 0.295. The van der Waals surface area contributed by atoms with E-state index in [2.05, 4.69) is 4.98 Å². The molecule has 162 valence electrons. The summed E-state index contributed by atoms with van der Waals surface area (Å²) in [6.45, 7) is 0. The lowest BCUT2D eigenvalue weighted by Crippen LogP contribution is -2.37. The SMILES string of the molecule is COc1ccc(-n2c(-c3ccc(Cl)cc3Cl)cn3c4c(=O)n(C)c(=O)n(C)c4nc23)cc1. The lowest BCUT2D eigenvalue weighted by atomic mass is 10.1. The molecule has 0 aliphatic heterocycles. The van der Waals surface area contributed by atoms with Crippen molar-refractivity contribution in [2.45, 2.75) is 0 Å². The standard InChI is InChI=1S/C22H17Cl2N5O3/c1-26-19-18(20(30)27(2)22(26)31)28-11-17(15-9-4-12(23)10-16(15)24)29(21(28)25-19)13-5-7-14(32-3)8-6-13/h4-11H,1-3H3. The van der Waals surface area contributed by atoms with Gasteiger partial charge in [0.15, 0.2) is 11.2 Å². The van der Waals surface area contributed by atoms with Crippen LogP contribution < -0.4 is 16.0 Å². The minimum Gasteiger partial charge on any atom is -0.497 e. The molecule has 0 aliphatic carbocycles. The van der Waals surface area contributed by atoms with E-state index in [1.807, 2.05) is 34.9 Å². The zero-order valence-corrected chi connectivity index (χ0v) is 18.8. The van der Waals surface area contributed by atoms with E-state index in [1.54, 1.807) is 36.9 Å². The number of halogens is 2. The molecule has 0 N–H and O–H groups in total. The number of aryl methyl sites for hydroxylation is 1. The van der Waals surface area contributed by atoms with E-state index in [1.165, 1.54) is 11.6 Å². The molecule has 0 saturated carbocycles. The molecule has 0 aliphatic rings. The molecule has 0 bridgehead atoms. The number of nitrogens with zero attached hydrogens (tertiary/aromatic N) is 5. The number of ether oxygens (including phenoxy) is 1.